The molecule has 1 aliphatic heterocycles. The van der Waals surface area contributed by atoms with Gasteiger partial charge in [0.05, 0.1) is 11.3 Å². The smallest absolute Gasteiger partial charge is 0.205 e. The lowest BCUT2D eigenvalue weighted by molar-refractivity contribution is 0.0843. The predicted octanol–water partition coefficient (Wildman–Crippen LogP) is 4.95. The van der Waals surface area contributed by atoms with Gasteiger partial charge in [0.15, 0.2) is 5.54 Å². The van der Waals surface area contributed by atoms with Gasteiger partial charge in [0.1, 0.15) is 5.82 Å². The molecule has 28 heavy (non-hydrogen) atoms. The molecule has 4 nitrogen and oxygen atoms in total. The van der Waals surface area contributed by atoms with Gasteiger partial charge in [-0.2, -0.15) is 0 Å². The van der Waals surface area contributed by atoms with Gasteiger partial charge in [-0.05, 0) is 36.8 Å². The summed E-state index contributed by atoms with van der Waals surface area (Å²) in [5.41, 5.74) is 1.51. The number of rotatable bonds is 2. The van der Waals surface area contributed by atoms with Crippen LogP contribution in [0.3, 0.4) is 0 Å². The van der Waals surface area contributed by atoms with Crippen LogP contribution in [0.15, 0.2) is 72.9 Å². The summed E-state index contributed by atoms with van der Waals surface area (Å²) in [6.45, 7) is 1.97. The van der Waals surface area contributed by atoms with E-state index in [4.69, 9.17) is 0 Å². The molecule has 0 saturated heterocycles. The zero-order valence-electron chi connectivity index (χ0n) is 15.1. The van der Waals surface area contributed by atoms with Crippen LogP contribution in [0.4, 0.5) is 10.1 Å². The Bertz CT molecular complexity index is 1230. The lowest BCUT2D eigenvalue weighted by Crippen LogP contribution is -2.47. The van der Waals surface area contributed by atoms with E-state index in [1.54, 1.807) is 36.5 Å². The molecular weight excluding hydrogens is 355 g/mol. The van der Waals surface area contributed by atoms with Crippen LogP contribution in [-0.4, -0.2) is 16.0 Å². The van der Waals surface area contributed by atoms with Crippen LogP contribution in [0.2, 0.25) is 0 Å². The fraction of sp³-hybridized carbons (Fsp3) is 0.0870. The van der Waals surface area contributed by atoms with Crippen molar-refractivity contribution in [2.75, 3.05) is 5.06 Å². The van der Waals surface area contributed by atoms with Crippen molar-refractivity contribution in [2.45, 2.75) is 12.5 Å². The highest BCUT2D eigenvalue weighted by atomic mass is 19.1. The summed E-state index contributed by atoms with van der Waals surface area (Å²) in [4.78, 5) is 16.9. The van der Waals surface area contributed by atoms with Crippen molar-refractivity contribution in [3.05, 3.63) is 101 Å². The van der Waals surface area contributed by atoms with E-state index in [0.717, 1.165) is 21.5 Å². The van der Waals surface area contributed by atoms with Gasteiger partial charge in [-0.1, -0.05) is 48.0 Å². The number of ketones is 1. The van der Waals surface area contributed by atoms with Crippen molar-refractivity contribution in [3.8, 4) is 0 Å². The minimum atomic E-state index is -1.57. The van der Waals surface area contributed by atoms with Gasteiger partial charge in [-0.3, -0.25) is 10.0 Å². The Morgan fingerprint density at radius 3 is 2.57 bits per heavy atom. The first-order valence-electron chi connectivity index (χ1n) is 9.01. The first-order chi connectivity index (χ1) is 13.5. The number of anilines is 1. The molecule has 5 heteroatoms. The summed E-state index contributed by atoms with van der Waals surface area (Å²) in [6.07, 6.45) is 1.72. The highest BCUT2D eigenvalue weighted by molar-refractivity contribution is 6.17. The van der Waals surface area contributed by atoms with Crippen molar-refractivity contribution < 1.29 is 14.4 Å². The molecule has 2 N–H and O–H groups in total. The maximum atomic E-state index is 14.6. The second-order valence-corrected chi connectivity index (χ2v) is 7.10. The molecule has 1 aliphatic rings. The van der Waals surface area contributed by atoms with Gasteiger partial charge in [-0.15, -0.1) is 0 Å². The summed E-state index contributed by atoms with van der Waals surface area (Å²) < 4.78 is 14.6. The molecule has 5 rings (SSSR count). The molecule has 1 atom stereocenters. The molecule has 0 radical (unpaired) electrons. The quantitative estimate of drug-likeness (QED) is 0.523. The number of aromatic amines is 1. The largest absolute Gasteiger partial charge is 0.361 e. The molecule has 0 aliphatic carbocycles. The van der Waals surface area contributed by atoms with Gasteiger partial charge >= 0.3 is 0 Å². The summed E-state index contributed by atoms with van der Waals surface area (Å²) in [6, 6.07) is 19.2. The fourth-order valence-electron chi connectivity index (χ4n) is 4.23. The van der Waals surface area contributed by atoms with Gasteiger partial charge in [0.25, 0.3) is 0 Å². The van der Waals surface area contributed by atoms with Crippen molar-refractivity contribution in [3.63, 3.8) is 0 Å². The molecule has 0 unspecified atom stereocenters. The number of nitrogens with one attached hydrogen (secondary N) is 1. The third-order valence-electron chi connectivity index (χ3n) is 5.51. The summed E-state index contributed by atoms with van der Waals surface area (Å²) in [5, 5.41) is 13.0. The first-order valence-corrected chi connectivity index (χ1v) is 9.01. The van der Waals surface area contributed by atoms with Crippen molar-refractivity contribution in [1.29, 1.82) is 0 Å². The number of benzene rings is 3. The number of carbonyl (C=O) groups excluding carboxylic acids is 1. The monoisotopic (exact) mass is 372 g/mol. The molecule has 0 spiro atoms. The zero-order valence-corrected chi connectivity index (χ0v) is 15.1. The van der Waals surface area contributed by atoms with Gasteiger partial charge < -0.3 is 4.98 Å². The first kappa shape index (κ1) is 16.7. The lowest BCUT2D eigenvalue weighted by Gasteiger charge is -2.34. The number of carbonyl (C=O) groups is 1. The van der Waals surface area contributed by atoms with E-state index in [1.165, 1.54) is 12.1 Å². The van der Waals surface area contributed by atoms with Gasteiger partial charge in [0.2, 0.25) is 5.78 Å². The average Bonchev–Trinajstić information content (AvgIpc) is 3.21. The van der Waals surface area contributed by atoms with E-state index in [1.807, 2.05) is 31.2 Å². The highest BCUT2D eigenvalue weighted by Gasteiger charge is 2.56. The number of halogens is 1. The molecule has 3 aromatic carbocycles. The Morgan fingerprint density at radius 2 is 1.82 bits per heavy atom. The number of H-pyrrole nitrogens is 1. The molecule has 4 aromatic rings. The third-order valence-corrected chi connectivity index (χ3v) is 5.51. The van der Waals surface area contributed by atoms with Gasteiger partial charge in [0, 0.05) is 22.7 Å². The van der Waals surface area contributed by atoms with Crippen LogP contribution < -0.4 is 5.06 Å². The molecular formula is C23H17FN2O2. The van der Waals surface area contributed by atoms with E-state index >= 15 is 0 Å². The lowest BCUT2D eigenvalue weighted by atomic mass is 9.79. The van der Waals surface area contributed by atoms with Gasteiger partial charge in [-0.25, -0.2) is 9.45 Å². The maximum absolute atomic E-state index is 14.6. The molecule has 0 amide bonds. The number of hydrogen-bond donors (Lipinski definition) is 2. The zero-order chi connectivity index (χ0) is 19.5. The van der Waals surface area contributed by atoms with Crippen LogP contribution >= 0.6 is 0 Å². The number of Topliss-reactive ketones (excluding diaryl/α,β-unsaturated/α-hetero) is 1. The van der Waals surface area contributed by atoms with Crippen LogP contribution in [0.25, 0.3) is 10.9 Å². The Balaban J connectivity index is 1.91. The predicted molar refractivity (Wildman–Crippen MR) is 105 cm³/mol. The number of nitrogens with zero attached hydrogens (tertiary/aromatic N) is 1. The van der Waals surface area contributed by atoms with E-state index in [2.05, 4.69) is 4.98 Å². The maximum Gasteiger partial charge on any atom is 0.205 e. The number of hydroxylamine groups is 1. The SMILES string of the molecule is Cc1ccc2[nH]cc([C@@]3(c4ccccc4)C(=O)c4c(F)cccc4N3O)c2c1. The fourth-order valence-corrected chi connectivity index (χ4v) is 4.23. The van der Waals surface area contributed by atoms with Crippen LogP contribution in [-0.2, 0) is 5.54 Å². The normalized spacial score (nSPS) is 18.7. The summed E-state index contributed by atoms with van der Waals surface area (Å²) >= 11 is 0. The summed E-state index contributed by atoms with van der Waals surface area (Å²) in [5.74, 6) is -1.13. The molecule has 2 heterocycles. The number of hydrogen-bond acceptors (Lipinski definition) is 3. The Labute approximate surface area is 160 Å². The summed E-state index contributed by atoms with van der Waals surface area (Å²) in [7, 11) is 0. The minimum Gasteiger partial charge on any atom is -0.361 e. The Morgan fingerprint density at radius 1 is 1.04 bits per heavy atom. The molecule has 138 valence electrons. The molecule has 0 fully saturated rings. The standard InChI is InChI=1S/C23H17FN2O2/c1-14-10-11-19-16(12-14)17(13-25-19)23(15-6-3-2-4-7-15)22(27)21-18(24)8-5-9-20(21)26(23)28/h2-13,25,28H,1H3/t23-/m0/s1. The Hall–Kier alpha value is -3.44. The van der Waals surface area contributed by atoms with E-state index in [-0.39, 0.29) is 11.3 Å². The van der Waals surface area contributed by atoms with Crippen molar-refractivity contribution >= 4 is 22.4 Å². The third kappa shape index (κ3) is 1.99. The average molecular weight is 372 g/mol. The molecule has 0 bridgehead atoms. The second kappa shape index (κ2) is 5.78. The van der Waals surface area contributed by atoms with E-state index in [0.29, 0.717) is 11.1 Å². The molecule has 0 saturated carbocycles. The minimum absolute atomic E-state index is 0.101. The van der Waals surface area contributed by atoms with Crippen LogP contribution in [0, 0.1) is 12.7 Å². The number of aromatic nitrogens is 1. The van der Waals surface area contributed by atoms with E-state index < -0.39 is 17.1 Å². The Kier molecular flexibility index (Phi) is 3.45. The van der Waals surface area contributed by atoms with Crippen molar-refractivity contribution in [2.24, 2.45) is 0 Å². The number of fused-ring (bicyclic) bond motifs is 2. The second-order valence-electron chi connectivity index (χ2n) is 7.10. The van der Waals surface area contributed by atoms with Crippen LogP contribution in [0.5, 0.6) is 0 Å². The highest BCUT2D eigenvalue weighted by Crippen LogP contribution is 2.50. The molecule has 1 aromatic heterocycles. The number of aryl methyl sites for hydroxylation is 1. The van der Waals surface area contributed by atoms with Crippen molar-refractivity contribution in [1.82, 2.24) is 4.98 Å². The van der Waals surface area contributed by atoms with E-state index in [9.17, 15) is 14.4 Å². The topological polar surface area (TPSA) is 56.3 Å². The van der Waals surface area contributed by atoms with Crippen LogP contribution in [0.1, 0.15) is 27.0 Å².